The Morgan fingerprint density at radius 2 is 2.12 bits per heavy atom. The molecule has 2 aromatic heterocycles. The molecule has 0 spiro atoms. The molecule has 0 saturated carbocycles. The fourth-order valence-electron chi connectivity index (χ4n) is 1.39. The maximum absolute atomic E-state index is 6.05. The van der Waals surface area contributed by atoms with Crippen LogP contribution in [0.2, 0.25) is 0 Å². The zero-order chi connectivity index (χ0) is 11.5. The molecule has 2 rings (SSSR count). The molecule has 0 amide bonds. The minimum Gasteiger partial charge on any atom is -0.322 e. The van der Waals surface area contributed by atoms with Gasteiger partial charge in [0.15, 0.2) is 0 Å². The van der Waals surface area contributed by atoms with Gasteiger partial charge in [0, 0.05) is 11.6 Å². The van der Waals surface area contributed by atoms with Crippen molar-refractivity contribution >= 4 is 11.3 Å². The molecular weight excluding hydrogens is 218 g/mol. The second-order valence-electron chi connectivity index (χ2n) is 4.06. The van der Waals surface area contributed by atoms with Gasteiger partial charge in [0.2, 0.25) is 0 Å². The van der Waals surface area contributed by atoms with Crippen LogP contribution in [0.1, 0.15) is 25.6 Å². The van der Waals surface area contributed by atoms with Crippen molar-refractivity contribution in [1.29, 1.82) is 0 Å². The first-order chi connectivity index (χ1) is 7.68. The zero-order valence-corrected chi connectivity index (χ0v) is 10.2. The van der Waals surface area contributed by atoms with Crippen molar-refractivity contribution in [2.24, 2.45) is 11.7 Å². The van der Waals surface area contributed by atoms with Gasteiger partial charge in [0.25, 0.3) is 0 Å². The number of rotatable bonds is 3. The first-order valence-electron chi connectivity index (χ1n) is 5.31. The van der Waals surface area contributed by atoms with Gasteiger partial charge in [0.05, 0.1) is 17.4 Å². The van der Waals surface area contributed by atoms with Crippen LogP contribution in [-0.2, 0) is 0 Å². The highest BCUT2D eigenvalue weighted by atomic mass is 32.1. The third-order valence-corrected chi connectivity index (χ3v) is 3.35. The highest BCUT2D eigenvalue weighted by molar-refractivity contribution is 7.13. The average molecular weight is 233 g/mol. The minimum atomic E-state index is 0.00807. The third kappa shape index (κ3) is 2.28. The molecule has 16 heavy (non-hydrogen) atoms. The molecule has 1 unspecified atom stereocenters. The molecule has 84 valence electrons. The molecule has 0 aliphatic heterocycles. The third-order valence-electron chi connectivity index (χ3n) is 2.47. The van der Waals surface area contributed by atoms with E-state index in [0.717, 1.165) is 16.4 Å². The Balaban J connectivity index is 2.27. The van der Waals surface area contributed by atoms with Crippen LogP contribution in [0.3, 0.4) is 0 Å². The number of hydrogen-bond donors (Lipinski definition) is 1. The van der Waals surface area contributed by atoms with E-state index in [2.05, 4.69) is 23.8 Å². The molecule has 3 nitrogen and oxygen atoms in total. The Hall–Kier alpha value is -1.26. The first kappa shape index (κ1) is 11.2. The molecular formula is C12H15N3S. The lowest BCUT2D eigenvalue weighted by atomic mass is 10.0. The predicted octanol–water partition coefficient (Wildman–Crippen LogP) is 2.86. The van der Waals surface area contributed by atoms with E-state index in [0.29, 0.717) is 5.92 Å². The van der Waals surface area contributed by atoms with Crippen LogP contribution in [0.4, 0.5) is 0 Å². The summed E-state index contributed by atoms with van der Waals surface area (Å²) in [6, 6.07) is 5.83. The molecule has 0 bridgehead atoms. The van der Waals surface area contributed by atoms with Crippen molar-refractivity contribution in [2.45, 2.75) is 19.9 Å². The number of hydrogen-bond acceptors (Lipinski definition) is 4. The van der Waals surface area contributed by atoms with E-state index in [-0.39, 0.29) is 6.04 Å². The maximum Gasteiger partial charge on any atom is 0.142 e. The van der Waals surface area contributed by atoms with Gasteiger partial charge in [-0.3, -0.25) is 4.98 Å². The fourth-order valence-corrected chi connectivity index (χ4v) is 2.23. The molecule has 2 N–H and O–H groups in total. The van der Waals surface area contributed by atoms with Crippen LogP contribution >= 0.6 is 11.3 Å². The average Bonchev–Trinajstić information content (AvgIpc) is 2.78. The summed E-state index contributed by atoms with van der Waals surface area (Å²) in [5.74, 6) is 0.402. The Bertz CT molecular complexity index is 450. The molecule has 0 aliphatic rings. The summed E-state index contributed by atoms with van der Waals surface area (Å²) in [7, 11) is 0. The van der Waals surface area contributed by atoms with Crippen molar-refractivity contribution in [2.75, 3.05) is 0 Å². The van der Waals surface area contributed by atoms with Crippen LogP contribution in [-0.4, -0.2) is 9.97 Å². The van der Waals surface area contributed by atoms with Crippen LogP contribution in [0.25, 0.3) is 10.7 Å². The Morgan fingerprint density at radius 1 is 1.31 bits per heavy atom. The zero-order valence-electron chi connectivity index (χ0n) is 9.42. The Kier molecular flexibility index (Phi) is 3.31. The van der Waals surface area contributed by atoms with E-state index in [1.807, 2.05) is 23.6 Å². The number of aromatic nitrogens is 2. The first-order valence-corrected chi connectivity index (χ1v) is 6.19. The molecule has 2 heterocycles. The van der Waals surface area contributed by atoms with Gasteiger partial charge in [-0.1, -0.05) is 19.9 Å². The van der Waals surface area contributed by atoms with Crippen molar-refractivity contribution in [3.8, 4) is 10.7 Å². The van der Waals surface area contributed by atoms with E-state index in [4.69, 9.17) is 5.73 Å². The van der Waals surface area contributed by atoms with Gasteiger partial charge >= 0.3 is 0 Å². The molecule has 0 fully saturated rings. The topological polar surface area (TPSA) is 51.8 Å². The van der Waals surface area contributed by atoms with Crippen LogP contribution in [0, 0.1) is 5.92 Å². The molecule has 0 radical (unpaired) electrons. The van der Waals surface area contributed by atoms with E-state index < -0.39 is 0 Å². The monoisotopic (exact) mass is 233 g/mol. The smallest absolute Gasteiger partial charge is 0.142 e. The minimum absolute atomic E-state index is 0.00807. The van der Waals surface area contributed by atoms with Crippen LogP contribution < -0.4 is 5.73 Å². The van der Waals surface area contributed by atoms with E-state index in [9.17, 15) is 0 Å². The standard InChI is InChI=1S/C12H15N3S/c1-8(2)11(13)10-7-16-12(15-10)9-5-3-4-6-14-9/h3-8,11H,13H2,1-2H3. The van der Waals surface area contributed by atoms with Gasteiger partial charge in [-0.2, -0.15) is 0 Å². The molecule has 0 aliphatic carbocycles. The van der Waals surface area contributed by atoms with Gasteiger partial charge in [0.1, 0.15) is 5.01 Å². The van der Waals surface area contributed by atoms with Gasteiger partial charge in [-0.25, -0.2) is 4.98 Å². The van der Waals surface area contributed by atoms with Crippen molar-refractivity contribution in [3.05, 3.63) is 35.5 Å². The predicted molar refractivity (Wildman–Crippen MR) is 67.1 cm³/mol. The lowest BCUT2D eigenvalue weighted by molar-refractivity contribution is 0.505. The van der Waals surface area contributed by atoms with Crippen molar-refractivity contribution < 1.29 is 0 Å². The summed E-state index contributed by atoms with van der Waals surface area (Å²) in [6.07, 6.45) is 1.78. The second-order valence-corrected chi connectivity index (χ2v) is 4.92. The summed E-state index contributed by atoms with van der Waals surface area (Å²) >= 11 is 1.59. The lowest BCUT2D eigenvalue weighted by Crippen LogP contribution is -2.16. The Labute approximate surface area is 99.4 Å². The Morgan fingerprint density at radius 3 is 2.75 bits per heavy atom. The summed E-state index contributed by atoms with van der Waals surface area (Å²) in [6.45, 7) is 4.20. The summed E-state index contributed by atoms with van der Waals surface area (Å²) < 4.78 is 0. The van der Waals surface area contributed by atoms with E-state index in [1.54, 1.807) is 17.5 Å². The van der Waals surface area contributed by atoms with Crippen molar-refractivity contribution in [1.82, 2.24) is 9.97 Å². The summed E-state index contributed by atoms with van der Waals surface area (Å²) in [5, 5.41) is 2.96. The molecule has 0 aromatic carbocycles. The van der Waals surface area contributed by atoms with Gasteiger partial charge < -0.3 is 5.73 Å². The normalized spacial score (nSPS) is 13.0. The quantitative estimate of drug-likeness (QED) is 0.886. The number of pyridine rings is 1. The van der Waals surface area contributed by atoms with Gasteiger partial charge in [-0.15, -0.1) is 11.3 Å². The molecule has 2 aromatic rings. The molecule has 1 atom stereocenters. The van der Waals surface area contributed by atoms with Crippen LogP contribution in [0.5, 0.6) is 0 Å². The number of nitrogens with two attached hydrogens (primary N) is 1. The van der Waals surface area contributed by atoms with Crippen molar-refractivity contribution in [3.63, 3.8) is 0 Å². The van der Waals surface area contributed by atoms with Crippen LogP contribution in [0.15, 0.2) is 29.8 Å². The SMILES string of the molecule is CC(C)C(N)c1csc(-c2ccccn2)n1. The second kappa shape index (κ2) is 4.72. The highest BCUT2D eigenvalue weighted by Crippen LogP contribution is 2.26. The lowest BCUT2D eigenvalue weighted by Gasteiger charge is -2.11. The van der Waals surface area contributed by atoms with E-state index in [1.165, 1.54) is 0 Å². The highest BCUT2D eigenvalue weighted by Gasteiger charge is 2.14. The molecule has 0 saturated heterocycles. The number of thiazole rings is 1. The van der Waals surface area contributed by atoms with E-state index >= 15 is 0 Å². The largest absolute Gasteiger partial charge is 0.322 e. The summed E-state index contributed by atoms with van der Waals surface area (Å²) in [5.41, 5.74) is 7.92. The summed E-state index contributed by atoms with van der Waals surface area (Å²) in [4.78, 5) is 8.81. The van der Waals surface area contributed by atoms with Gasteiger partial charge in [-0.05, 0) is 18.1 Å². The fraction of sp³-hybridized carbons (Fsp3) is 0.333. The number of nitrogens with zero attached hydrogens (tertiary/aromatic N) is 2. The maximum atomic E-state index is 6.05. The molecule has 4 heteroatoms.